The fourth-order valence-corrected chi connectivity index (χ4v) is 4.02. The van der Waals surface area contributed by atoms with Crippen LogP contribution >= 0.6 is 0 Å². The van der Waals surface area contributed by atoms with Gasteiger partial charge in [-0.25, -0.2) is 19.9 Å². The molecule has 2 aliphatic rings. The molecule has 150 valence electrons. The van der Waals surface area contributed by atoms with Crippen LogP contribution in [0.15, 0.2) is 30.9 Å². The molecule has 1 unspecified atom stereocenters. The molecule has 0 bridgehead atoms. The molecule has 11 heteroatoms. The minimum absolute atomic E-state index is 0.0724. The SMILES string of the molecule is O=C1NCCC12CCN(c1ccnc(-c3cnc4cnc(C(F)(F)F)cn34)n1)C2. The molecule has 3 aromatic rings. The van der Waals surface area contributed by atoms with Crippen molar-refractivity contribution >= 4 is 17.4 Å². The Morgan fingerprint density at radius 3 is 2.76 bits per heavy atom. The zero-order valence-electron chi connectivity index (χ0n) is 15.1. The Balaban J connectivity index is 1.50. The fourth-order valence-electron chi connectivity index (χ4n) is 4.02. The van der Waals surface area contributed by atoms with Gasteiger partial charge in [-0.1, -0.05) is 0 Å². The highest BCUT2D eigenvalue weighted by Crippen LogP contribution is 2.38. The number of aromatic nitrogens is 5. The first kappa shape index (κ1) is 17.8. The molecular weight excluding hydrogens is 387 g/mol. The summed E-state index contributed by atoms with van der Waals surface area (Å²) in [6.45, 7) is 1.92. The van der Waals surface area contributed by atoms with Gasteiger partial charge in [-0.2, -0.15) is 13.2 Å². The average Bonchev–Trinajstić information content (AvgIpc) is 3.41. The maximum Gasteiger partial charge on any atom is 0.434 e. The topological polar surface area (TPSA) is 88.3 Å². The molecule has 2 saturated heterocycles. The number of anilines is 1. The van der Waals surface area contributed by atoms with Crippen molar-refractivity contribution in [3.8, 4) is 11.5 Å². The summed E-state index contributed by atoms with van der Waals surface area (Å²) >= 11 is 0. The zero-order valence-corrected chi connectivity index (χ0v) is 15.1. The first-order valence-corrected chi connectivity index (χ1v) is 9.13. The summed E-state index contributed by atoms with van der Waals surface area (Å²) in [4.78, 5) is 30.5. The van der Waals surface area contributed by atoms with Gasteiger partial charge in [0.25, 0.3) is 0 Å². The number of nitrogens with one attached hydrogen (secondary N) is 1. The van der Waals surface area contributed by atoms with E-state index >= 15 is 0 Å². The highest BCUT2D eigenvalue weighted by molar-refractivity contribution is 5.86. The average molecular weight is 403 g/mol. The van der Waals surface area contributed by atoms with Crippen LogP contribution in [-0.2, 0) is 11.0 Å². The first-order chi connectivity index (χ1) is 13.9. The van der Waals surface area contributed by atoms with Gasteiger partial charge in [0, 0.05) is 32.0 Å². The maximum absolute atomic E-state index is 13.0. The van der Waals surface area contributed by atoms with E-state index < -0.39 is 11.9 Å². The molecule has 5 heterocycles. The number of carbonyl (C=O) groups excluding carboxylic acids is 1. The number of carbonyl (C=O) groups is 1. The number of halogens is 3. The number of hydrogen-bond acceptors (Lipinski definition) is 6. The quantitative estimate of drug-likeness (QED) is 0.704. The summed E-state index contributed by atoms with van der Waals surface area (Å²) < 4.78 is 40.4. The van der Waals surface area contributed by atoms with Gasteiger partial charge in [-0.05, 0) is 18.9 Å². The van der Waals surface area contributed by atoms with Crippen LogP contribution in [0.4, 0.5) is 19.0 Å². The third-order valence-corrected chi connectivity index (χ3v) is 5.60. The lowest BCUT2D eigenvalue weighted by atomic mass is 9.86. The molecule has 0 saturated carbocycles. The lowest BCUT2D eigenvalue weighted by Gasteiger charge is -2.21. The van der Waals surface area contributed by atoms with Crippen LogP contribution in [0.1, 0.15) is 18.5 Å². The Bertz CT molecular complexity index is 1110. The van der Waals surface area contributed by atoms with E-state index in [-0.39, 0.29) is 22.8 Å². The molecule has 2 aliphatic heterocycles. The minimum Gasteiger partial charge on any atom is -0.356 e. The number of imidazole rings is 1. The second-order valence-corrected chi connectivity index (χ2v) is 7.34. The van der Waals surface area contributed by atoms with Crippen molar-refractivity contribution in [2.75, 3.05) is 24.5 Å². The number of amides is 1. The van der Waals surface area contributed by atoms with Crippen LogP contribution in [0.5, 0.6) is 0 Å². The zero-order chi connectivity index (χ0) is 20.2. The van der Waals surface area contributed by atoms with Gasteiger partial charge in [0.05, 0.1) is 17.8 Å². The van der Waals surface area contributed by atoms with Crippen molar-refractivity contribution in [3.05, 3.63) is 36.5 Å². The van der Waals surface area contributed by atoms with Gasteiger partial charge in [0.1, 0.15) is 11.5 Å². The van der Waals surface area contributed by atoms with E-state index in [0.717, 1.165) is 25.2 Å². The molecule has 0 aliphatic carbocycles. The van der Waals surface area contributed by atoms with Crippen LogP contribution in [0.25, 0.3) is 17.2 Å². The predicted molar refractivity (Wildman–Crippen MR) is 95.9 cm³/mol. The van der Waals surface area contributed by atoms with E-state index in [1.165, 1.54) is 10.6 Å². The lowest BCUT2D eigenvalue weighted by molar-refractivity contribution is -0.141. The van der Waals surface area contributed by atoms with Crippen molar-refractivity contribution < 1.29 is 18.0 Å². The largest absolute Gasteiger partial charge is 0.434 e. The van der Waals surface area contributed by atoms with Crippen molar-refractivity contribution in [1.82, 2.24) is 29.7 Å². The minimum atomic E-state index is -4.57. The van der Waals surface area contributed by atoms with E-state index in [0.29, 0.717) is 31.1 Å². The third kappa shape index (κ3) is 2.88. The highest BCUT2D eigenvalue weighted by Gasteiger charge is 2.47. The van der Waals surface area contributed by atoms with E-state index in [4.69, 9.17) is 0 Å². The Morgan fingerprint density at radius 1 is 1.14 bits per heavy atom. The summed E-state index contributed by atoms with van der Waals surface area (Å²) in [5, 5.41) is 2.89. The van der Waals surface area contributed by atoms with E-state index in [1.54, 1.807) is 12.3 Å². The normalized spacial score (nSPS) is 22.0. The third-order valence-electron chi connectivity index (χ3n) is 5.60. The van der Waals surface area contributed by atoms with E-state index in [1.807, 2.05) is 4.90 Å². The van der Waals surface area contributed by atoms with Crippen LogP contribution in [0.3, 0.4) is 0 Å². The van der Waals surface area contributed by atoms with Gasteiger partial charge in [0.2, 0.25) is 5.91 Å². The smallest absolute Gasteiger partial charge is 0.356 e. The Hall–Kier alpha value is -3.24. The molecule has 5 rings (SSSR count). The molecule has 1 atom stereocenters. The maximum atomic E-state index is 13.0. The second kappa shape index (κ2) is 6.13. The summed E-state index contributed by atoms with van der Waals surface area (Å²) in [6, 6.07) is 1.74. The van der Waals surface area contributed by atoms with Gasteiger partial charge in [-0.15, -0.1) is 0 Å². The molecule has 3 aromatic heterocycles. The van der Waals surface area contributed by atoms with Crippen LogP contribution < -0.4 is 10.2 Å². The first-order valence-electron chi connectivity index (χ1n) is 9.13. The monoisotopic (exact) mass is 403 g/mol. The Morgan fingerprint density at radius 2 is 2.00 bits per heavy atom. The summed E-state index contributed by atoms with van der Waals surface area (Å²) in [5.41, 5.74) is -0.803. The fraction of sp³-hybridized carbons (Fsp3) is 0.389. The van der Waals surface area contributed by atoms with Crippen molar-refractivity contribution in [3.63, 3.8) is 0 Å². The molecular formula is C18H16F3N7O. The Kier molecular flexibility index (Phi) is 3.77. The highest BCUT2D eigenvalue weighted by atomic mass is 19.4. The van der Waals surface area contributed by atoms with E-state index in [9.17, 15) is 18.0 Å². The molecule has 0 radical (unpaired) electrons. The molecule has 1 spiro atoms. The molecule has 2 fully saturated rings. The predicted octanol–water partition coefficient (Wildman–Crippen LogP) is 1.92. The number of hydrogen-bond donors (Lipinski definition) is 1. The molecule has 1 amide bonds. The number of alkyl halides is 3. The van der Waals surface area contributed by atoms with Gasteiger partial charge in [0.15, 0.2) is 17.2 Å². The molecule has 29 heavy (non-hydrogen) atoms. The van der Waals surface area contributed by atoms with Crippen molar-refractivity contribution in [1.29, 1.82) is 0 Å². The van der Waals surface area contributed by atoms with Gasteiger partial charge in [-0.3, -0.25) is 9.20 Å². The lowest BCUT2D eigenvalue weighted by Crippen LogP contribution is -2.34. The molecule has 0 aromatic carbocycles. The Labute approximate surface area is 162 Å². The van der Waals surface area contributed by atoms with Crippen molar-refractivity contribution in [2.45, 2.75) is 19.0 Å². The number of fused-ring (bicyclic) bond motifs is 1. The van der Waals surface area contributed by atoms with Gasteiger partial charge >= 0.3 is 6.18 Å². The van der Waals surface area contributed by atoms with E-state index in [2.05, 4.69) is 25.3 Å². The van der Waals surface area contributed by atoms with Crippen LogP contribution in [0.2, 0.25) is 0 Å². The second-order valence-electron chi connectivity index (χ2n) is 7.34. The molecule has 1 N–H and O–H groups in total. The van der Waals surface area contributed by atoms with Crippen LogP contribution in [0, 0.1) is 5.41 Å². The summed E-state index contributed by atoms with van der Waals surface area (Å²) in [7, 11) is 0. The standard InChI is InChI=1S/C18H16F3N7O/c19-18(20,21)12-9-28-11(7-25-14(28)8-24-12)15-22-4-1-13(26-15)27-6-3-17(10-27)2-5-23-16(17)29/h1,4,7-9H,2-3,5-6,10H2,(H,23,29). The number of nitrogens with zero attached hydrogens (tertiary/aromatic N) is 6. The number of rotatable bonds is 2. The molecule has 8 nitrogen and oxygen atoms in total. The summed E-state index contributed by atoms with van der Waals surface area (Å²) in [5.74, 6) is 0.959. The summed E-state index contributed by atoms with van der Waals surface area (Å²) in [6.07, 6.45) is 1.91. The van der Waals surface area contributed by atoms with Crippen LogP contribution in [-0.4, -0.2) is 49.9 Å². The van der Waals surface area contributed by atoms with Crippen molar-refractivity contribution in [2.24, 2.45) is 5.41 Å². The van der Waals surface area contributed by atoms with Gasteiger partial charge < -0.3 is 10.2 Å².